The second-order valence-electron chi connectivity index (χ2n) is 0. The van der Waals surface area contributed by atoms with E-state index in [-0.39, 0.29) is 70.7 Å². The molecule has 0 atom stereocenters. The van der Waals surface area contributed by atoms with E-state index in [2.05, 4.69) is 0 Å². The third-order valence-electron chi connectivity index (χ3n) is 0. The Morgan fingerprint density at radius 3 is 0.500 bits per heavy atom. The zero-order valence-corrected chi connectivity index (χ0v) is 8.05. The van der Waals surface area contributed by atoms with Gasteiger partial charge >= 0.3 is 0 Å². The van der Waals surface area contributed by atoms with Crippen LogP contribution in [-0.4, -0.2) is 0 Å². The first-order chi connectivity index (χ1) is 0. The standard InChI is InChI=1S/3Fe.Zn. The van der Waals surface area contributed by atoms with Crippen LogP contribution in [0.2, 0.25) is 0 Å². The number of hydrogen-bond acceptors (Lipinski definition) is 0. The predicted octanol–water partition coefficient (Wildman–Crippen LogP) is -0.0100. The van der Waals surface area contributed by atoms with Gasteiger partial charge in [-0.25, -0.2) is 0 Å². The van der Waals surface area contributed by atoms with Crippen molar-refractivity contribution in [1.82, 2.24) is 0 Å². The summed E-state index contributed by atoms with van der Waals surface area (Å²) in [6.07, 6.45) is 0. The van der Waals surface area contributed by atoms with Gasteiger partial charge in [0.2, 0.25) is 0 Å². The summed E-state index contributed by atoms with van der Waals surface area (Å²) in [5, 5.41) is 0. The van der Waals surface area contributed by atoms with Crippen molar-refractivity contribution in [1.29, 1.82) is 0 Å². The van der Waals surface area contributed by atoms with Gasteiger partial charge in [-0.1, -0.05) is 0 Å². The van der Waals surface area contributed by atoms with E-state index in [1.807, 2.05) is 0 Å². The molecule has 0 saturated heterocycles. The molecule has 0 spiro atoms. The smallest absolute Gasteiger partial charge is 0 e. The Morgan fingerprint density at radius 1 is 0.500 bits per heavy atom. The molecule has 4 heteroatoms. The van der Waals surface area contributed by atoms with Gasteiger partial charge in [0.25, 0.3) is 0 Å². The largest absolute Gasteiger partial charge is 0 e. The third kappa shape index (κ3) is 8.89. The first kappa shape index (κ1) is 34.9. The molecule has 0 aliphatic carbocycles. The van der Waals surface area contributed by atoms with E-state index in [1.54, 1.807) is 0 Å². The second-order valence-corrected chi connectivity index (χ2v) is 0. The Balaban J connectivity index is 0. The van der Waals surface area contributed by atoms with Crippen molar-refractivity contribution in [2.45, 2.75) is 0 Å². The van der Waals surface area contributed by atoms with Crippen LogP contribution in [0.4, 0.5) is 0 Å². The fourth-order valence-corrected chi connectivity index (χ4v) is 0. The Kier molecular flexibility index (Phi) is 166. The molecule has 0 aliphatic rings. The Morgan fingerprint density at radius 2 is 0.500 bits per heavy atom. The van der Waals surface area contributed by atoms with E-state index in [0.717, 1.165) is 0 Å². The first-order valence-electron chi connectivity index (χ1n) is 0. The minimum Gasteiger partial charge on any atom is 0 e. The summed E-state index contributed by atoms with van der Waals surface area (Å²) in [7, 11) is 0. The van der Waals surface area contributed by atoms with Gasteiger partial charge in [0.1, 0.15) is 0 Å². The monoisotopic (exact) mass is 232 g/mol. The maximum atomic E-state index is 0. The van der Waals surface area contributed by atoms with Crippen molar-refractivity contribution in [2.24, 2.45) is 0 Å². The molecule has 0 aromatic heterocycles. The summed E-state index contributed by atoms with van der Waals surface area (Å²) in [6.45, 7) is 0. The first-order valence-corrected chi connectivity index (χ1v) is 0. The van der Waals surface area contributed by atoms with Gasteiger partial charge in [-0.2, -0.15) is 0 Å². The van der Waals surface area contributed by atoms with Gasteiger partial charge in [0.05, 0.1) is 0 Å². The summed E-state index contributed by atoms with van der Waals surface area (Å²) >= 11 is 0. The van der Waals surface area contributed by atoms with Crippen molar-refractivity contribution in [3.63, 3.8) is 0 Å². The van der Waals surface area contributed by atoms with E-state index < -0.39 is 0 Å². The molecule has 4 heavy (non-hydrogen) atoms. The molecule has 0 bridgehead atoms. The van der Waals surface area contributed by atoms with E-state index in [4.69, 9.17) is 0 Å². The third-order valence-corrected chi connectivity index (χ3v) is 0. The van der Waals surface area contributed by atoms with Crippen LogP contribution < -0.4 is 0 Å². The van der Waals surface area contributed by atoms with E-state index >= 15 is 0 Å². The van der Waals surface area contributed by atoms with E-state index in [9.17, 15) is 0 Å². The molecular weight excluding hydrogens is 233 g/mol. The molecule has 0 heterocycles. The maximum absolute atomic E-state index is 0. The zero-order valence-electron chi connectivity index (χ0n) is 1.77. The Hall–Kier alpha value is 2.18. The topological polar surface area (TPSA) is 0 Å². The number of rotatable bonds is 0. The molecule has 0 radical (unpaired) electrons. The molecule has 0 nitrogen and oxygen atoms in total. The average molecular weight is 233 g/mol. The van der Waals surface area contributed by atoms with Gasteiger partial charge in [0.15, 0.2) is 0 Å². The van der Waals surface area contributed by atoms with Crippen molar-refractivity contribution in [3.05, 3.63) is 0 Å². The molecule has 0 aromatic rings. The fourth-order valence-electron chi connectivity index (χ4n) is 0. The van der Waals surface area contributed by atoms with Crippen molar-refractivity contribution < 1.29 is 70.7 Å². The summed E-state index contributed by atoms with van der Waals surface area (Å²) in [6, 6.07) is 0. The molecule has 0 aromatic carbocycles. The molecule has 0 fully saturated rings. The van der Waals surface area contributed by atoms with E-state index in [1.165, 1.54) is 0 Å². The summed E-state index contributed by atoms with van der Waals surface area (Å²) in [4.78, 5) is 0. The normalized spacial score (nSPS) is 0. The average Bonchev–Trinajstić information content (AvgIpc) is 0. The van der Waals surface area contributed by atoms with Crippen LogP contribution in [-0.2, 0) is 70.7 Å². The molecular formula is Fe3Zn. The van der Waals surface area contributed by atoms with Crippen molar-refractivity contribution in [3.8, 4) is 0 Å². The van der Waals surface area contributed by atoms with Gasteiger partial charge in [-0.15, -0.1) is 0 Å². The van der Waals surface area contributed by atoms with E-state index in [0.29, 0.717) is 0 Å². The molecule has 0 unspecified atom stereocenters. The Labute approximate surface area is 70.0 Å². The molecule has 0 rings (SSSR count). The quantitative estimate of drug-likeness (QED) is 0.516. The van der Waals surface area contributed by atoms with Gasteiger partial charge in [-0.3, -0.25) is 0 Å². The summed E-state index contributed by atoms with van der Waals surface area (Å²) in [5.74, 6) is 0. The minimum atomic E-state index is 0. The summed E-state index contributed by atoms with van der Waals surface area (Å²) in [5.41, 5.74) is 0. The van der Waals surface area contributed by atoms with Gasteiger partial charge < -0.3 is 0 Å². The number of hydrogen-bond donors (Lipinski definition) is 0. The van der Waals surface area contributed by atoms with Crippen LogP contribution in [0.5, 0.6) is 0 Å². The summed E-state index contributed by atoms with van der Waals surface area (Å²) < 4.78 is 0. The molecule has 26 valence electrons. The Bertz CT molecular complexity index is 3.25. The molecule has 0 amide bonds. The van der Waals surface area contributed by atoms with Gasteiger partial charge in [0, 0.05) is 70.7 Å². The molecule has 0 aliphatic heterocycles. The van der Waals surface area contributed by atoms with Crippen LogP contribution in [0.25, 0.3) is 0 Å². The fraction of sp³-hybridized carbons (Fsp3) is 0. The molecule has 0 N–H and O–H groups in total. The van der Waals surface area contributed by atoms with Crippen LogP contribution in [0, 0.1) is 0 Å². The van der Waals surface area contributed by atoms with Crippen LogP contribution in [0.3, 0.4) is 0 Å². The molecule has 0 saturated carbocycles. The zero-order chi connectivity index (χ0) is 0. The van der Waals surface area contributed by atoms with Gasteiger partial charge in [-0.05, 0) is 0 Å². The van der Waals surface area contributed by atoms with Crippen LogP contribution in [0.15, 0.2) is 0 Å². The minimum absolute atomic E-state index is 0. The maximum Gasteiger partial charge on any atom is 0 e. The van der Waals surface area contributed by atoms with Crippen molar-refractivity contribution >= 4 is 0 Å². The second kappa shape index (κ2) is 19.0. The van der Waals surface area contributed by atoms with Crippen molar-refractivity contribution in [2.75, 3.05) is 0 Å². The van der Waals surface area contributed by atoms with Crippen LogP contribution in [0.1, 0.15) is 0 Å². The SMILES string of the molecule is [Fe].[Fe].[Fe].[Zn]. The predicted molar refractivity (Wildman–Crippen MR) is 0 cm³/mol. The van der Waals surface area contributed by atoms with Crippen LogP contribution >= 0.6 is 0 Å².